The van der Waals surface area contributed by atoms with E-state index in [0.29, 0.717) is 12.1 Å². The van der Waals surface area contributed by atoms with Gasteiger partial charge in [-0.1, -0.05) is 18.2 Å². The van der Waals surface area contributed by atoms with Gasteiger partial charge in [-0.05, 0) is 44.7 Å². The minimum Gasteiger partial charge on any atom is -0.373 e. The van der Waals surface area contributed by atoms with Crippen molar-refractivity contribution >= 4 is 0 Å². The summed E-state index contributed by atoms with van der Waals surface area (Å²) in [6.45, 7) is 8.40. The molecule has 0 N–H and O–H groups in total. The fourth-order valence-electron chi connectivity index (χ4n) is 3.85. The zero-order valence-electron chi connectivity index (χ0n) is 15.6. The average molecular weight is 360 g/mol. The van der Waals surface area contributed by atoms with Crippen LogP contribution < -0.4 is 0 Å². The third-order valence-electron chi connectivity index (χ3n) is 5.52. The van der Waals surface area contributed by atoms with Gasteiger partial charge in [-0.2, -0.15) is 0 Å². The molecule has 2 atom stereocenters. The summed E-state index contributed by atoms with van der Waals surface area (Å²) in [6.07, 6.45) is 6.18. The third-order valence-corrected chi connectivity index (χ3v) is 5.52. The van der Waals surface area contributed by atoms with Crippen LogP contribution in [0.1, 0.15) is 62.0 Å². The number of rotatable bonds is 5. The van der Waals surface area contributed by atoms with E-state index in [4.69, 9.17) is 4.74 Å². The van der Waals surface area contributed by atoms with Crippen LogP contribution >= 0.6 is 0 Å². The summed E-state index contributed by atoms with van der Waals surface area (Å²) in [7, 11) is 1.67. The fourth-order valence-corrected chi connectivity index (χ4v) is 3.85. The Morgan fingerprint density at radius 3 is 2.81 bits per heavy atom. The second-order valence-electron chi connectivity index (χ2n) is 7.47. The second-order valence-corrected chi connectivity index (χ2v) is 7.47. The lowest BCUT2D eigenvalue weighted by Gasteiger charge is -2.26. The molecular weight excluding hydrogens is 334 g/mol. The number of aromatic nitrogens is 2. The summed E-state index contributed by atoms with van der Waals surface area (Å²) in [6, 6.07) is 4.43. The SMILES string of the molecule is C=CC[C@@H]1CC[C@@H](c2cccc(F)c2F)Cn2c(C(C)(C)OC)cnc21. The molecule has 0 amide bonds. The maximum Gasteiger partial charge on any atom is 0.162 e. The summed E-state index contributed by atoms with van der Waals surface area (Å²) in [5.74, 6) is -0.452. The van der Waals surface area contributed by atoms with Crippen molar-refractivity contribution in [2.75, 3.05) is 7.11 Å². The zero-order chi connectivity index (χ0) is 18.9. The van der Waals surface area contributed by atoms with Crippen LogP contribution in [-0.4, -0.2) is 16.7 Å². The highest BCUT2D eigenvalue weighted by Crippen LogP contribution is 2.39. The van der Waals surface area contributed by atoms with E-state index in [1.54, 1.807) is 19.2 Å². The molecule has 0 saturated heterocycles. The van der Waals surface area contributed by atoms with Gasteiger partial charge in [0.05, 0.1) is 11.9 Å². The molecule has 0 fully saturated rings. The summed E-state index contributed by atoms with van der Waals surface area (Å²) >= 11 is 0. The predicted molar refractivity (Wildman–Crippen MR) is 98.2 cm³/mol. The Bertz CT molecular complexity index is 797. The van der Waals surface area contributed by atoms with E-state index in [0.717, 1.165) is 36.8 Å². The lowest BCUT2D eigenvalue weighted by atomic mass is 9.90. The summed E-state index contributed by atoms with van der Waals surface area (Å²) < 4.78 is 36.0. The zero-order valence-corrected chi connectivity index (χ0v) is 15.6. The number of hydrogen-bond donors (Lipinski definition) is 0. The van der Waals surface area contributed by atoms with Crippen LogP contribution in [0.15, 0.2) is 37.1 Å². The smallest absolute Gasteiger partial charge is 0.162 e. The number of benzene rings is 1. The molecule has 0 saturated carbocycles. The quantitative estimate of drug-likeness (QED) is 0.678. The van der Waals surface area contributed by atoms with Gasteiger partial charge >= 0.3 is 0 Å². The fraction of sp³-hybridized carbons (Fsp3) is 0.476. The van der Waals surface area contributed by atoms with Gasteiger partial charge in [0.25, 0.3) is 0 Å². The van der Waals surface area contributed by atoms with E-state index in [1.165, 1.54) is 0 Å². The maximum absolute atomic E-state index is 14.4. The van der Waals surface area contributed by atoms with E-state index < -0.39 is 17.2 Å². The van der Waals surface area contributed by atoms with Crippen LogP contribution in [0.2, 0.25) is 0 Å². The van der Waals surface area contributed by atoms with Crippen LogP contribution in [-0.2, 0) is 16.9 Å². The van der Waals surface area contributed by atoms with Crippen molar-refractivity contribution in [3.63, 3.8) is 0 Å². The molecule has 5 heteroatoms. The number of fused-ring (bicyclic) bond motifs is 1. The topological polar surface area (TPSA) is 27.1 Å². The van der Waals surface area contributed by atoms with Gasteiger partial charge < -0.3 is 9.30 Å². The molecule has 26 heavy (non-hydrogen) atoms. The van der Waals surface area contributed by atoms with Gasteiger partial charge in [-0.15, -0.1) is 6.58 Å². The van der Waals surface area contributed by atoms with Crippen molar-refractivity contribution in [1.82, 2.24) is 9.55 Å². The molecule has 0 radical (unpaired) electrons. The molecule has 1 aliphatic heterocycles. The van der Waals surface area contributed by atoms with Crippen molar-refractivity contribution in [2.45, 2.75) is 57.1 Å². The van der Waals surface area contributed by atoms with Crippen LogP contribution in [0.3, 0.4) is 0 Å². The van der Waals surface area contributed by atoms with Crippen LogP contribution in [0.5, 0.6) is 0 Å². The number of nitrogens with zero attached hydrogens (tertiary/aromatic N) is 2. The second kappa shape index (κ2) is 7.31. The summed E-state index contributed by atoms with van der Waals surface area (Å²) in [5.41, 5.74) is 0.872. The molecule has 3 rings (SSSR count). The number of halogens is 2. The van der Waals surface area contributed by atoms with E-state index in [9.17, 15) is 8.78 Å². The van der Waals surface area contributed by atoms with E-state index in [1.807, 2.05) is 26.1 Å². The largest absolute Gasteiger partial charge is 0.373 e. The Balaban J connectivity index is 2.07. The van der Waals surface area contributed by atoms with Gasteiger partial charge in [0.2, 0.25) is 0 Å². The predicted octanol–water partition coefficient (Wildman–Crippen LogP) is 5.28. The van der Waals surface area contributed by atoms with Crippen molar-refractivity contribution < 1.29 is 13.5 Å². The monoisotopic (exact) mass is 360 g/mol. The molecule has 1 aromatic heterocycles. The number of allylic oxidation sites excluding steroid dienone is 1. The third kappa shape index (κ3) is 3.32. The molecule has 0 aliphatic carbocycles. The van der Waals surface area contributed by atoms with Crippen LogP contribution in [0.25, 0.3) is 0 Å². The normalized spacial score (nSPS) is 20.5. The first-order valence-corrected chi connectivity index (χ1v) is 9.05. The van der Waals surface area contributed by atoms with E-state index in [-0.39, 0.29) is 11.8 Å². The highest BCUT2D eigenvalue weighted by atomic mass is 19.2. The average Bonchev–Trinajstić information content (AvgIpc) is 2.96. The minimum atomic E-state index is -0.794. The van der Waals surface area contributed by atoms with Gasteiger partial charge in [-0.3, -0.25) is 0 Å². The maximum atomic E-state index is 14.4. The molecule has 1 aromatic carbocycles. The lowest BCUT2D eigenvalue weighted by Crippen LogP contribution is -2.25. The Morgan fingerprint density at radius 1 is 1.35 bits per heavy atom. The number of imidazole rings is 1. The molecule has 0 spiro atoms. The standard InChI is InChI=1S/C21H26F2N2O/c1-5-7-14-10-11-15(16-8-6-9-17(22)19(16)23)13-25-18(12-24-20(14)25)21(2,3)26-4/h5-6,8-9,12,14-15H,1,7,10-11,13H2,2-4H3/t14-,15-/m1/s1. The molecule has 2 aromatic rings. The van der Waals surface area contributed by atoms with Crippen molar-refractivity contribution in [2.24, 2.45) is 0 Å². The highest BCUT2D eigenvalue weighted by Gasteiger charge is 2.33. The van der Waals surface area contributed by atoms with Gasteiger partial charge in [0.1, 0.15) is 11.4 Å². The number of hydrogen-bond acceptors (Lipinski definition) is 2. The van der Waals surface area contributed by atoms with E-state index in [2.05, 4.69) is 16.1 Å². The van der Waals surface area contributed by atoms with Crippen LogP contribution in [0, 0.1) is 11.6 Å². The minimum absolute atomic E-state index is 0.111. The van der Waals surface area contributed by atoms with Crippen molar-refractivity contribution in [3.05, 3.63) is 65.8 Å². The highest BCUT2D eigenvalue weighted by molar-refractivity contribution is 5.26. The van der Waals surface area contributed by atoms with Gasteiger partial charge in [0.15, 0.2) is 11.6 Å². The van der Waals surface area contributed by atoms with Gasteiger partial charge in [-0.25, -0.2) is 13.8 Å². The molecule has 3 nitrogen and oxygen atoms in total. The lowest BCUT2D eigenvalue weighted by molar-refractivity contribution is 0.0120. The Labute approximate surface area is 153 Å². The van der Waals surface area contributed by atoms with E-state index >= 15 is 0 Å². The van der Waals surface area contributed by atoms with Crippen molar-refractivity contribution in [1.29, 1.82) is 0 Å². The molecule has 1 aliphatic rings. The molecule has 140 valence electrons. The summed E-state index contributed by atoms with van der Waals surface area (Å²) in [5, 5.41) is 0. The van der Waals surface area contributed by atoms with Gasteiger partial charge in [0, 0.05) is 25.5 Å². The molecule has 0 unspecified atom stereocenters. The Morgan fingerprint density at radius 2 is 2.12 bits per heavy atom. The first-order chi connectivity index (χ1) is 12.4. The molecular formula is C21H26F2N2O. The Hall–Kier alpha value is -2.01. The van der Waals surface area contributed by atoms with Crippen LogP contribution in [0.4, 0.5) is 8.78 Å². The molecule has 2 heterocycles. The first-order valence-electron chi connectivity index (χ1n) is 9.05. The first kappa shape index (κ1) is 18.8. The Kier molecular flexibility index (Phi) is 5.28. The van der Waals surface area contributed by atoms with Crippen molar-refractivity contribution in [3.8, 4) is 0 Å². The number of methoxy groups -OCH3 is 1. The summed E-state index contributed by atoms with van der Waals surface area (Å²) in [4.78, 5) is 4.67. The molecule has 0 bridgehead atoms. The number of ether oxygens (including phenoxy) is 1.